The Kier molecular flexibility index (Phi) is 5.11. The summed E-state index contributed by atoms with van der Waals surface area (Å²) in [7, 11) is -1.89. The number of nitrogens with one attached hydrogen (secondary N) is 1. The molecule has 1 atom stereocenters. The molecule has 0 aromatic heterocycles. The van der Waals surface area contributed by atoms with Crippen LogP contribution in [-0.4, -0.2) is 27.7 Å². The molecule has 128 valence electrons. The highest BCUT2D eigenvalue weighted by Crippen LogP contribution is 2.28. The molecule has 2 aromatic carbocycles. The van der Waals surface area contributed by atoms with Crippen molar-refractivity contribution < 1.29 is 17.9 Å². The lowest BCUT2D eigenvalue weighted by molar-refractivity contribution is -0.136. The standard InChI is InChI=1S/C18H21NO4S/c1-13-10-11-15(24(4,21)22)12-16(13)19-17(20)18(2,23-3)14-8-6-5-7-9-14/h5-12H,1-4H3,(H,19,20). The first kappa shape index (κ1) is 18.2. The van der Waals surface area contributed by atoms with Crippen molar-refractivity contribution in [1.29, 1.82) is 0 Å². The second-order valence-corrected chi connectivity index (χ2v) is 7.82. The minimum Gasteiger partial charge on any atom is -0.364 e. The van der Waals surface area contributed by atoms with E-state index in [0.717, 1.165) is 11.8 Å². The van der Waals surface area contributed by atoms with Gasteiger partial charge in [0.25, 0.3) is 5.91 Å². The molecule has 24 heavy (non-hydrogen) atoms. The fourth-order valence-electron chi connectivity index (χ4n) is 2.31. The first-order chi connectivity index (χ1) is 11.2. The predicted octanol–water partition coefficient (Wildman–Crippen LogP) is 2.90. The van der Waals surface area contributed by atoms with Gasteiger partial charge in [0, 0.05) is 19.1 Å². The molecule has 0 spiro atoms. The van der Waals surface area contributed by atoms with E-state index in [1.54, 1.807) is 19.9 Å². The third kappa shape index (κ3) is 3.66. The fourth-order valence-corrected chi connectivity index (χ4v) is 2.95. The van der Waals surface area contributed by atoms with E-state index in [-0.39, 0.29) is 10.8 Å². The lowest BCUT2D eigenvalue weighted by atomic mass is 9.94. The third-order valence-corrected chi connectivity index (χ3v) is 5.16. The van der Waals surface area contributed by atoms with Crippen LogP contribution in [-0.2, 0) is 25.0 Å². The van der Waals surface area contributed by atoms with E-state index >= 15 is 0 Å². The van der Waals surface area contributed by atoms with Gasteiger partial charge in [-0.15, -0.1) is 0 Å². The molecule has 0 fully saturated rings. The number of rotatable bonds is 5. The normalized spacial score (nSPS) is 14.0. The van der Waals surface area contributed by atoms with Crippen LogP contribution in [0.1, 0.15) is 18.1 Å². The first-order valence-corrected chi connectivity index (χ1v) is 9.30. The average molecular weight is 347 g/mol. The van der Waals surface area contributed by atoms with Crippen LogP contribution in [0.5, 0.6) is 0 Å². The van der Waals surface area contributed by atoms with Crippen molar-refractivity contribution in [2.24, 2.45) is 0 Å². The Balaban J connectivity index is 2.38. The number of benzene rings is 2. The van der Waals surface area contributed by atoms with Crippen molar-refractivity contribution >= 4 is 21.4 Å². The molecular formula is C18H21NO4S. The van der Waals surface area contributed by atoms with Gasteiger partial charge in [-0.2, -0.15) is 0 Å². The highest BCUT2D eigenvalue weighted by atomic mass is 32.2. The summed E-state index contributed by atoms with van der Waals surface area (Å²) < 4.78 is 28.9. The Morgan fingerprint density at radius 1 is 1.12 bits per heavy atom. The zero-order chi connectivity index (χ0) is 18.0. The molecule has 1 unspecified atom stereocenters. The van der Waals surface area contributed by atoms with Crippen LogP contribution in [0.15, 0.2) is 53.4 Å². The van der Waals surface area contributed by atoms with Gasteiger partial charge in [-0.05, 0) is 37.1 Å². The number of anilines is 1. The lowest BCUT2D eigenvalue weighted by Gasteiger charge is -2.27. The quantitative estimate of drug-likeness (QED) is 0.903. The van der Waals surface area contributed by atoms with Crippen LogP contribution in [0, 0.1) is 6.92 Å². The summed E-state index contributed by atoms with van der Waals surface area (Å²) in [6.45, 7) is 3.47. The van der Waals surface area contributed by atoms with Gasteiger partial charge in [0.15, 0.2) is 15.4 Å². The summed E-state index contributed by atoms with van der Waals surface area (Å²) in [5.74, 6) is -0.370. The van der Waals surface area contributed by atoms with Crippen LogP contribution in [0.3, 0.4) is 0 Å². The van der Waals surface area contributed by atoms with Crippen molar-refractivity contribution in [3.05, 3.63) is 59.7 Å². The van der Waals surface area contributed by atoms with Gasteiger partial charge in [0.1, 0.15) is 0 Å². The smallest absolute Gasteiger partial charge is 0.260 e. The highest BCUT2D eigenvalue weighted by molar-refractivity contribution is 7.90. The molecule has 0 radical (unpaired) electrons. The van der Waals surface area contributed by atoms with Crippen LogP contribution < -0.4 is 5.32 Å². The van der Waals surface area contributed by atoms with Crippen molar-refractivity contribution in [1.82, 2.24) is 0 Å². The molecule has 2 rings (SSSR count). The van der Waals surface area contributed by atoms with Gasteiger partial charge >= 0.3 is 0 Å². The van der Waals surface area contributed by atoms with Gasteiger partial charge in [-0.1, -0.05) is 36.4 Å². The topological polar surface area (TPSA) is 72.5 Å². The predicted molar refractivity (Wildman–Crippen MR) is 93.7 cm³/mol. The molecule has 6 heteroatoms. The molecule has 0 saturated carbocycles. The number of carbonyl (C=O) groups is 1. The van der Waals surface area contributed by atoms with Crippen molar-refractivity contribution in [3.8, 4) is 0 Å². The van der Waals surface area contributed by atoms with Crippen LogP contribution >= 0.6 is 0 Å². The van der Waals surface area contributed by atoms with E-state index in [4.69, 9.17) is 4.74 Å². The van der Waals surface area contributed by atoms with E-state index in [1.807, 2.05) is 30.3 Å². The van der Waals surface area contributed by atoms with Crippen LogP contribution in [0.4, 0.5) is 5.69 Å². The molecule has 0 bridgehead atoms. The summed E-state index contributed by atoms with van der Waals surface area (Å²) in [6, 6.07) is 13.8. The Hall–Kier alpha value is -2.18. The lowest BCUT2D eigenvalue weighted by Crippen LogP contribution is -2.39. The number of hydrogen-bond acceptors (Lipinski definition) is 4. The number of amides is 1. The maximum atomic E-state index is 12.8. The van der Waals surface area contributed by atoms with E-state index < -0.39 is 15.4 Å². The summed E-state index contributed by atoms with van der Waals surface area (Å²) in [6.07, 6.45) is 1.13. The average Bonchev–Trinajstić information content (AvgIpc) is 2.55. The molecule has 0 aliphatic carbocycles. The number of carbonyl (C=O) groups excluding carboxylic acids is 1. The van der Waals surface area contributed by atoms with Crippen molar-refractivity contribution in [2.75, 3.05) is 18.7 Å². The number of methoxy groups -OCH3 is 1. The zero-order valence-corrected chi connectivity index (χ0v) is 15.0. The van der Waals surface area contributed by atoms with Gasteiger partial charge < -0.3 is 10.1 Å². The number of sulfone groups is 1. The largest absolute Gasteiger partial charge is 0.364 e. The number of hydrogen-bond donors (Lipinski definition) is 1. The summed E-state index contributed by atoms with van der Waals surface area (Å²) in [5, 5.41) is 2.78. The Bertz CT molecular complexity index is 847. The molecule has 0 aliphatic heterocycles. The van der Waals surface area contributed by atoms with E-state index in [2.05, 4.69) is 5.32 Å². The minimum absolute atomic E-state index is 0.155. The fraction of sp³-hybridized carbons (Fsp3) is 0.278. The monoisotopic (exact) mass is 347 g/mol. The second kappa shape index (κ2) is 6.75. The van der Waals surface area contributed by atoms with E-state index in [1.165, 1.54) is 19.2 Å². The molecule has 1 N–H and O–H groups in total. The highest BCUT2D eigenvalue weighted by Gasteiger charge is 2.35. The maximum absolute atomic E-state index is 12.8. The van der Waals surface area contributed by atoms with Gasteiger partial charge in [0.05, 0.1) is 4.90 Å². The molecule has 0 heterocycles. The van der Waals surface area contributed by atoms with E-state index in [9.17, 15) is 13.2 Å². The molecule has 5 nitrogen and oxygen atoms in total. The minimum atomic E-state index is -3.35. The van der Waals surface area contributed by atoms with Gasteiger partial charge in [-0.3, -0.25) is 4.79 Å². The Morgan fingerprint density at radius 3 is 2.29 bits per heavy atom. The summed E-state index contributed by atoms with van der Waals surface area (Å²) >= 11 is 0. The first-order valence-electron chi connectivity index (χ1n) is 7.41. The van der Waals surface area contributed by atoms with Crippen molar-refractivity contribution in [3.63, 3.8) is 0 Å². The van der Waals surface area contributed by atoms with Crippen molar-refractivity contribution in [2.45, 2.75) is 24.3 Å². The Morgan fingerprint density at radius 2 is 1.75 bits per heavy atom. The molecule has 2 aromatic rings. The maximum Gasteiger partial charge on any atom is 0.260 e. The van der Waals surface area contributed by atoms with Crippen LogP contribution in [0.2, 0.25) is 0 Å². The van der Waals surface area contributed by atoms with E-state index in [0.29, 0.717) is 11.3 Å². The number of aryl methyl sites for hydroxylation is 1. The third-order valence-electron chi connectivity index (χ3n) is 4.05. The SMILES string of the molecule is COC(C)(C(=O)Nc1cc(S(C)(=O)=O)ccc1C)c1ccccc1. The number of ether oxygens (including phenoxy) is 1. The molecule has 0 aliphatic rings. The molecule has 0 saturated heterocycles. The van der Waals surface area contributed by atoms with Gasteiger partial charge in [-0.25, -0.2) is 8.42 Å². The summed E-state index contributed by atoms with van der Waals surface area (Å²) in [4.78, 5) is 12.9. The zero-order valence-electron chi connectivity index (χ0n) is 14.2. The molecular weight excluding hydrogens is 326 g/mol. The summed E-state index contributed by atoms with van der Waals surface area (Å²) in [5.41, 5.74) is 0.737. The Labute approximate surface area is 142 Å². The second-order valence-electron chi connectivity index (χ2n) is 5.81. The van der Waals surface area contributed by atoms with Crippen LogP contribution in [0.25, 0.3) is 0 Å². The molecule has 1 amide bonds. The van der Waals surface area contributed by atoms with Gasteiger partial charge in [0.2, 0.25) is 0 Å².